The molecule has 0 rings (SSSR count). The Bertz CT molecular complexity index is 369. The van der Waals surface area contributed by atoms with E-state index in [1.165, 1.54) is 0 Å². The monoisotopic (exact) mass is 271 g/mol. The Morgan fingerprint density at radius 3 is 2.26 bits per heavy atom. The Morgan fingerprint density at radius 2 is 1.84 bits per heavy atom. The largest absolute Gasteiger partial charge is 0.481 e. The van der Waals surface area contributed by atoms with Crippen molar-refractivity contribution in [3.05, 3.63) is 11.8 Å². The lowest BCUT2D eigenvalue weighted by Gasteiger charge is -2.19. The molecular weight excluding hydrogens is 254 g/mol. The van der Waals surface area contributed by atoms with Crippen LogP contribution in [0.15, 0.2) is 11.8 Å². The summed E-state index contributed by atoms with van der Waals surface area (Å²) in [6, 6.07) is 1.68. The zero-order valence-corrected chi connectivity index (χ0v) is 10.4. The molecule has 0 unspecified atom stereocenters. The Morgan fingerprint density at radius 1 is 1.26 bits per heavy atom. The summed E-state index contributed by atoms with van der Waals surface area (Å²) in [5.74, 6) is -1.62. The molecule has 4 N–H and O–H groups in total. The SMILES string of the molecule is N#C/C(=C/NCCC(=O)O)C(=O)N(CCO)CCO. The van der Waals surface area contributed by atoms with Crippen molar-refractivity contribution in [2.45, 2.75) is 6.42 Å². The first-order valence-electron chi connectivity index (χ1n) is 5.63. The number of carbonyl (C=O) groups excluding carboxylic acids is 1. The van der Waals surface area contributed by atoms with Gasteiger partial charge in [-0.1, -0.05) is 0 Å². The van der Waals surface area contributed by atoms with Crippen molar-refractivity contribution in [2.24, 2.45) is 0 Å². The highest BCUT2D eigenvalue weighted by Gasteiger charge is 2.17. The molecule has 1 amide bonds. The van der Waals surface area contributed by atoms with Crippen molar-refractivity contribution in [3.8, 4) is 6.07 Å². The molecule has 8 nitrogen and oxygen atoms in total. The summed E-state index contributed by atoms with van der Waals surface area (Å²) in [6.07, 6.45) is 0.993. The van der Waals surface area contributed by atoms with Crippen LogP contribution in [0.2, 0.25) is 0 Å². The van der Waals surface area contributed by atoms with Gasteiger partial charge in [-0.2, -0.15) is 5.26 Å². The van der Waals surface area contributed by atoms with Crippen LogP contribution in [0.5, 0.6) is 0 Å². The van der Waals surface area contributed by atoms with Gasteiger partial charge in [-0.3, -0.25) is 9.59 Å². The predicted molar refractivity (Wildman–Crippen MR) is 64.7 cm³/mol. The summed E-state index contributed by atoms with van der Waals surface area (Å²) in [5.41, 5.74) is -0.215. The quantitative estimate of drug-likeness (QED) is 0.222. The van der Waals surface area contributed by atoms with Crippen LogP contribution in [-0.4, -0.2) is 64.9 Å². The zero-order valence-electron chi connectivity index (χ0n) is 10.4. The maximum Gasteiger partial charge on any atom is 0.305 e. The van der Waals surface area contributed by atoms with Crippen LogP contribution < -0.4 is 5.32 Å². The van der Waals surface area contributed by atoms with Crippen LogP contribution in [0.25, 0.3) is 0 Å². The molecule has 0 fully saturated rings. The number of carboxylic acids is 1. The van der Waals surface area contributed by atoms with E-state index in [0.29, 0.717) is 0 Å². The van der Waals surface area contributed by atoms with Gasteiger partial charge in [0.05, 0.1) is 19.6 Å². The number of hydrogen-bond donors (Lipinski definition) is 4. The van der Waals surface area contributed by atoms with Crippen LogP contribution >= 0.6 is 0 Å². The standard InChI is InChI=1S/C11H17N3O5/c12-7-9(8-13-2-1-10(17)18)11(19)14(3-5-15)4-6-16/h8,13,15-16H,1-6H2,(H,17,18)/b9-8-. The highest BCUT2D eigenvalue weighted by atomic mass is 16.4. The third-order valence-electron chi connectivity index (χ3n) is 2.11. The van der Waals surface area contributed by atoms with Gasteiger partial charge in [0.1, 0.15) is 11.6 Å². The predicted octanol–water partition coefficient (Wildman–Crippen LogP) is -1.73. The molecule has 0 bridgehead atoms. The molecule has 0 heterocycles. The first kappa shape index (κ1) is 16.9. The second-order valence-electron chi connectivity index (χ2n) is 3.51. The van der Waals surface area contributed by atoms with E-state index in [0.717, 1.165) is 11.1 Å². The minimum atomic E-state index is -0.993. The van der Waals surface area contributed by atoms with Gasteiger partial charge in [0.25, 0.3) is 5.91 Å². The number of aliphatic hydroxyl groups excluding tert-OH is 2. The van der Waals surface area contributed by atoms with Gasteiger partial charge in [0.15, 0.2) is 0 Å². The molecule has 0 aromatic heterocycles. The minimum Gasteiger partial charge on any atom is -0.481 e. The molecule has 106 valence electrons. The van der Waals surface area contributed by atoms with Crippen molar-refractivity contribution < 1.29 is 24.9 Å². The first-order chi connectivity index (χ1) is 9.06. The first-order valence-corrected chi connectivity index (χ1v) is 5.63. The number of aliphatic hydroxyl groups is 2. The van der Waals surface area contributed by atoms with Crippen LogP contribution in [-0.2, 0) is 9.59 Å². The molecule has 0 aliphatic heterocycles. The molecule has 8 heteroatoms. The lowest BCUT2D eigenvalue weighted by molar-refractivity contribution is -0.136. The number of hydrogen-bond acceptors (Lipinski definition) is 6. The van der Waals surface area contributed by atoms with Gasteiger partial charge < -0.3 is 25.5 Å². The zero-order chi connectivity index (χ0) is 14.7. The maximum atomic E-state index is 11.8. The number of nitrogens with zero attached hydrogens (tertiary/aromatic N) is 2. The number of nitriles is 1. The minimum absolute atomic E-state index is 0.00748. The average Bonchev–Trinajstić information content (AvgIpc) is 2.37. The second kappa shape index (κ2) is 9.87. The fraction of sp³-hybridized carbons (Fsp3) is 0.545. The van der Waals surface area contributed by atoms with E-state index in [9.17, 15) is 9.59 Å². The van der Waals surface area contributed by atoms with Crippen LogP contribution in [0.1, 0.15) is 6.42 Å². The normalized spacial score (nSPS) is 10.7. The number of amides is 1. The molecule has 0 aliphatic carbocycles. The summed E-state index contributed by atoms with van der Waals surface area (Å²) in [4.78, 5) is 23.2. The highest BCUT2D eigenvalue weighted by molar-refractivity contribution is 5.97. The second-order valence-corrected chi connectivity index (χ2v) is 3.51. The Labute approximate surface area is 110 Å². The Balaban J connectivity index is 4.55. The van der Waals surface area contributed by atoms with Crippen molar-refractivity contribution in [1.82, 2.24) is 10.2 Å². The van der Waals surface area contributed by atoms with E-state index in [1.807, 2.05) is 0 Å². The summed E-state index contributed by atoms with van der Waals surface area (Å²) in [5, 5.41) is 37.4. The molecule has 0 saturated carbocycles. The van der Waals surface area contributed by atoms with Crippen molar-refractivity contribution in [1.29, 1.82) is 5.26 Å². The van der Waals surface area contributed by atoms with E-state index >= 15 is 0 Å². The van der Waals surface area contributed by atoms with Crippen molar-refractivity contribution in [2.75, 3.05) is 32.8 Å². The van der Waals surface area contributed by atoms with E-state index in [-0.39, 0.29) is 44.8 Å². The average molecular weight is 271 g/mol. The molecule has 19 heavy (non-hydrogen) atoms. The van der Waals surface area contributed by atoms with Gasteiger partial charge >= 0.3 is 5.97 Å². The lowest BCUT2D eigenvalue weighted by Crippen LogP contribution is -2.37. The molecule has 0 spiro atoms. The number of aliphatic carboxylic acids is 1. The number of nitrogens with one attached hydrogen (secondary N) is 1. The fourth-order valence-electron chi connectivity index (χ4n) is 1.22. The van der Waals surface area contributed by atoms with Crippen LogP contribution in [0.4, 0.5) is 0 Å². The molecule has 0 aromatic rings. The van der Waals surface area contributed by atoms with Gasteiger partial charge in [-0.25, -0.2) is 0 Å². The van der Waals surface area contributed by atoms with Gasteiger partial charge in [0, 0.05) is 25.8 Å². The topological polar surface area (TPSA) is 134 Å². The van der Waals surface area contributed by atoms with Gasteiger partial charge in [-0.05, 0) is 0 Å². The van der Waals surface area contributed by atoms with E-state index in [2.05, 4.69) is 5.32 Å². The molecular formula is C11H17N3O5. The molecule has 0 radical (unpaired) electrons. The molecule has 0 atom stereocenters. The summed E-state index contributed by atoms with van der Waals surface area (Å²) in [7, 11) is 0. The molecule has 0 aromatic carbocycles. The Kier molecular flexibility index (Phi) is 8.78. The smallest absolute Gasteiger partial charge is 0.305 e. The van der Waals surface area contributed by atoms with Crippen LogP contribution in [0, 0.1) is 11.3 Å². The van der Waals surface area contributed by atoms with E-state index in [4.69, 9.17) is 20.6 Å². The maximum absolute atomic E-state index is 11.8. The molecule has 0 aliphatic rings. The number of carbonyl (C=O) groups is 2. The summed E-state index contributed by atoms with van der Waals surface area (Å²) in [6.45, 7) is -0.456. The highest BCUT2D eigenvalue weighted by Crippen LogP contribution is 2.00. The van der Waals surface area contributed by atoms with Crippen molar-refractivity contribution in [3.63, 3.8) is 0 Å². The van der Waals surface area contributed by atoms with Gasteiger partial charge in [0.2, 0.25) is 0 Å². The fourth-order valence-corrected chi connectivity index (χ4v) is 1.22. The van der Waals surface area contributed by atoms with Gasteiger partial charge in [-0.15, -0.1) is 0 Å². The third kappa shape index (κ3) is 7.03. The summed E-state index contributed by atoms with van der Waals surface area (Å²) < 4.78 is 0. The number of carboxylic acid groups (broad SMARTS) is 1. The summed E-state index contributed by atoms with van der Waals surface area (Å²) >= 11 is 0. The van der Waals surface area contributed by atoms with Crippen molar-refractivity contribution >= 4 is 11.9 Å². The van der Waals surface area contributed by atoms with Crippen LogP contribution in [0.3, 0.4) is 0 Å². The van der Waals surface area contributed by atoms with E-state index < -0.39 is 11.9 Å². The third-order valence-corrected chi connectivity index (χ3v) is 2.11. The number of rotatable bonds is 9. The Hall–Kier alpha value is -2.11. The lowest BCUT2D eigenvalue weighted by atomic mass is 10.2. The molecule has 0 saturated heterocycles. The van der Waals surface area contributed by atoms with E-state index in [1.54, 1.807) is 6.07 Å².